The summed E-state index contributed by atoms with van der Waals surface area (Å²) in [5.41, 5.74) is 0.542. The average molecular weight is 735 g/mol. The molecule has 1 fully saturated rings. The third-order valence-corrected chi connectivity index (χ3v) is 8.83. The van der Waals surface area contributed by atoms with Crippen LogP contribution in [0.25, 0.3) is 11.5 Å². The number of H-pyrrole nitrogens is 1. The van der Waals surface area contributed by atoms with E-state index in [-0.39, 0.29) is 50.2 Å². The Kier molecular flexibility index (Phi) is 12.1. The van der Waals surface area contributed by atoms with E-state index in [4.69, 9.17) is 10.6 Å². The number of nitrogens with one attached hydrogen (secondary N) is 1. The standard InChI is InChI=1S/C25H28N8O13S2.Na/c1-25(2,22(41)42)46-30-19(14-9-47-23(26)28-14)16(37)3-11-6-31(21(11)40)18(39)10-48(44,45)33-24(43)32(7-12(35)8-34)20(29-33)13-4-15(36)17(38)5-27-13;/h4-5,9,11-12,34-35,38H,3,6-8,10H2,1-2H3,(H2,26,28)(H,27,36)(H,41,42);/q;+1/p-1/b30-19-;/t11-,12+;/m0./s1. The summed E-state index contributed by atoms with van der Waals surface area (Å²) in [4.78, 5) is 86.9. The zero-order valence-electron chi connectivity index (χ0n) is 25.9. The molecule has 0 bridgehead atoms. The number of nitrogen functional groups attached to an aromatic ring is 1. The van der Waals surface area contributed by atoms with E-state index < -0.39 is 111 Å². The fourth-order valence-electron chi connectivity index (χ4n) is 4.11. The number of aliphatic hydroxyl groups is 2. The number of rotatable bonds is 14. The molecule has 4 heterocycles. The quantitative estimate of drug-likeness (QED) is 0.0444. The van der Waals surface area contributed by atoms with Crippen LogP contribution in [0.4, 0.5) is 5.13 Å². The third-order valence-electron chi connectivity index (χ3n) is 6.78. The summed E-state index contributed by atoms with van der Waals surface area (Å²) in [5.74, 6) is -8.48. The number of hydrogen-bond acceptors (Lipinski definition) is 18. The van der Waals surface area contributed by atoms with Gasteiger partial charge in [0.25, 0.3) is 10.0 Å². The number of carbonyl (C=O) groups is 4. The maximum Gasteiger partial charge on any atom is 1.00 e. The molecule has 2 atom stereocenters. The molecule has 3 aromatic rings. The van der Waals surface area contributed by atoms with Gasteiger partial charge in [-0.1, -0.05) is 5.16 Å². The van der Waals surface area contributed by atoms with Gasteiger partial charge in [0.15, 0.2) is 39.6 Å². The minimum Gasteiger partial charge on any atom is -0.546 e. The largest absolute Gasteiger partial charge is 1.00 e. The molecule has 4 rings (SSSR count). The van der Waals surface area contributed by atoms with E-state index in [1.807, 2.05) is 0 Å². The Labute approximate surface area is 301 Å². The monoisotopic (exact) mass is 734 g/mol. The zero-order valence-corrected chi connectivity index (χ0v) is 29.6. The van der Waals surface area contributed by atoms with Crippen LogP contribution in [-0.2, 0) is 40.6 Å². The van der Waals surface area contributed by atoms with Crippen molar-refractivity contribution in [2.24, 2.45) is 11.1 Å². The third kappa shape index (κ3) is 8.49. The number of thiazole rings is 1. The van der Waals surface area contributed by atoms with Crippen LogP contribution in [0.15, 0.2) is 32.4 Å². The van der Waals surface area contributed by atoms with Crippen LogP contribution in [-0.4, -0.2) is 112 Å². The molecule has 6 N–H and O–H groups in total. The van der Waals surface area contributed by atoms with Gasteiger partial charge in [-0.05, 0) is 13.8 Å². The molecule has 0 saturated carbocycles. The summed E-state index contributed by atoms with van der Waals surface area (Å²) in [6, 6.07) is 0.789. The molecular formula is C25H27N8NaO13S2. The molecule has 258 valence electrons. The number of nitrogens with zero attached hydrogens (tertiary/aromatic N) is 6. The van der Waals surface area contributed by atoms with E-state index in [9.17, 15) is 57.6 Å². The molecule has 0 aliphatic carbocycles. The number of likely N-dealkylation sites (tertiary alicyclic amines) is 1. The van der Waals surface area contributed by atoms with E-state index in [1.165, 1.54) is 5.38 Å². The number of carboxylic acids is 1. The molecule has 0 aromatic carbocycles. The number of aliphatic carboxylic acids is 1. The number of carbonyl (C=O) groups excluding carboxylic acids is 4. The average Bonchev–Trinajstić information content (AvgIpc) is 3.58. The summed E-state index contributed by atoms with van der Waals surface area (Å²) < 4.78 is 26.8. The number of pyridine rings is 1. The molecule has 1 aliphatic heterocycles. The summed E-state index contributed by atoms with van der Waals surface area (Å²) in [7, 11) is -4.95. The van der Waals surface area contributed by atoms with Crippen molar-refractivity contribution in [3.05, 3.63) is 44.0 Å². The van der Waals surface area contributed by atoms with E-state index in [0.29, 0.717) is 9.47 Å². The van der Waals surface area contributed by atoms with Crippen molar-refractivity contribution >= 4 is 55.8 Å². The van der Waals surface area contributed by atoms with Crippen LogP contribution >= 0.6 is 11.3 Å². The number of aromatic hydroxyl groups is 1. The van der Waals surface area contributed by atoms with E-state index in [0.717, 1.165) is 37.4 Å². The molecule has 0 radical (unpaired) electrons. The number of β-lactam (4-membered cyclic amide) rings is 1. The smallest absolute Gasteiger partial charge is 0.546 e. The zero-order chi connectivity index (χ0) is 35.7. The Bertz CT molecular complexity index is 2050. The van der Waals surface area contributed by atoms with Gasteiger partial charge in [0.1, 0.15) is 5.69 Å². The number of carboxylic acid groups (broad SMARTS) is 1. The fourth-order valence-corrected chi connectivity index (χ4v) is 5.78. The first-order valence-corrected chi connectivity index (χ1v) is 16.1. The Balaban J connectivity index is 0.00000650. The van der Waals surface area contributed by atoms with E-state index >= 15 is 0 Å². The maximum atomic E-state index is 13.2. The Morgan fingerprint density at radius 1 is 1.29 bits per heavy atom. The Hall–Kier alpha value is -4.26. The molecule has 1 saturated heterocycles. The molecule has 2 amide bonds. The second kappa shape index (κ2) is 15.1. The number of ketones is 1. The summed E-state index contributed by atoms with van der Waals surface area (Å²) in [5, 5.41) is 48.6. The van der Waals surface area contributed by atoms with Gasteiger partial charge in [-0.15, -0.1) is 20.5 Å². The number of aromatic amines is 1. The molecule has 3 aromatic heterocycles. The van der Waals surface area contributed by atoms with Gasteiger partial charge in [0.05, 0.1) is 36.8 Å². The van der Waals surface area contributed by atoms with Gasteiger partial charge in [-0.25, -0.2) is 18.2 Å². The van der Waals surface area contributed by atoms with Crippen LogP contribution < -0.4 is 51.5 Å². The number of imide groups is 1. The Morgan fingerprint density at radius 3 is 2.51 bits per heavy atom. The number of Topliss-reactive ketones (excluding diaryl/α,β-unsaturated/α-hetero) is 1. The second-order valence-corrected chi connectivity index (χ2v) is 13.5. The molecule has 21 nitrogen and oxygen atoms in total. The number of aromatic nitrogens is 5. The molecular weight excluding hydrogens is 707 g/mol. The number of hydrogen-bond donors (Lipinski definition) is 5. The number of amides is 2. The Morgan fingerprint density at radius 2 is 1.96 bits per heavy atom. The molecule has 49 heavy (non-hydrogen) atoms. The predicted molar refractivity (Wildman–Crippen MR) is 160 cm³/mol. The van der Waals surface area contributed by atoms with Gasteiger partial charge in [-0.3, -0.25) is 28.6 Å². The van der Waals surface area contributed by atoms with Gasteiger partial charge in [-0.2, -0.15) is 0 Å². The number of oxime groups is 1. The minimum atomic E-state index is -4.95. The van der Waals surface area contributed by atoms with Crippen molar-refractivity contribution in [1.82, 2.24) is 28.6 Å². The van der Waals surface area contributed by atoms with Crippen molar-refractivity contribution in [2.45, 2.75) is 38.5 Å². The minimum absolute atomic E-state index is 0. The van der Waals surface area contributed by atoms with Crippen molar-refractivity contribution in [3.8, 4) is 17.3 Å². The number of anilines is 1. The molecule has 24 heteroatoms. The predicted octanol–water partition coefficient (Wildman–Crippen LogP) is -7.43. The summed E-state index contributed by atoms with van der Waals surface area (Å²) >= 11 is 0.936. The van der Waals surface area contributed by atoms with Gasteiger partial charge >= 0.3 is 35.2 Å². The van der Waals surface area contributed by atoms with Crippen molar-refractivity contribution in [3.63, 3.8) is 0 Å². The van der Waals surface area contributed by atoms with Gasteiger partial charge < -0.3 is 40.8 Å². The number of nitrogens with two attached hydrogens (primary N) is 1. The van der Waals surface area contributed by atoms with Crippen LogP contribution in [0.2, 0.25) is 0 Å². The molecule has 0 spiro atoms. The summed E-state index contributed by atoms with van der Waals surface area (Å²) in [6.07, 6.45) is -1.30. The number of aliphatic hydroxyl groups excluding tert-OH is 2. The first-order valence-electron chi connectivity index (χ1n) is 13.6. The molecule has 0 unspecified atom stereocenters. The second-order valence-electron chi connectivity index (χ2n) is 10.8. The van der Waals surface area contributed by atoms with Crippen molar-refractivity contribution in [2.75, 3.05) is 24.6 Å². The fraction of sp³-hybridized carbons (Fsp3) is 0.400. The van der Waals surface area contributed by atoms with Crippen LogP contribution in [0.1, 0.15) is 26.0 Å². The van der Waals surface area contributed by atoms with E-state index in [2.05, 4.69) is 20.2 Å². The van der Waals surface area contributed by atoms with Crippen LogP contribution in [0, 0.1) is 5.92 Å². The SMILES string of the molecule is CC(C)(O/N=C(\C(=O)C[C@H]1CN(C(=O)CS(=O)(=O)n2nc(-c3cc(=O)c(O)c[nH]3)n(C[C@@H](O)CO)c2=O)C1=O)c1csc(N)n1)C(=O)[O-].[Na+]. The normalized spacial score (nSPS) is 15.7. The molecule has 1 aliphatic rings. The van der Waals surface area contributed by atoms with Crippen molar-refractivity contribution in [1.29, 1.82) is 0 Å². The first-order chi connectivity index (χ1) is 22.4. The van der Waals surface area contributed by atoms with Gasteiger partial charge in [0.2, 0.25) is 17.2 Å². The topological polar surface area (TPSA) is 323 Å². The van der Waals surface area contributed by atoms with Gasteiger partial charge in [0, 0.05) is 30.6 Å². The summed E-state index contributed by atoms with van der Waals surface area (Å²) in [6.45, 7) is 0.282. The van der Waals surface area contributed by atoms with Crippen LogP contribution in [0.3, 0.4) is 0 Å². The maximum absolute atomic E-state index is 13.2. The van der Waals surface area contributed by atoms with Crippen LogP contribution in [0.5, 0.6) is 5.75 Å². The van der Waals surface area contributed by atoms with E-state index in [1.54, 1.807) is 0 Å². The first kappa shape index (κ1) is 39.2. The van der Waals surface area contributed by atoms with Crippen molar-refractivity contribution < 1.29 is 82.4 Å².